The molecule has 0 spiro atoms. The summed E-state index contributed by atoms with van der Waals surface area (Å²) in [4.78, 5) is 28.6. The van der Waals surface area contributed by atoms with Gasteiger partial charge in [0.1, 0.15) is 0 Å². The van der Waals surface area contributed by atoms with E-state index in [9.17, 15) is 9.59 Å². The van der Waals surface area contributed by atoms with E-state index in [4.69, 9.17) is 4.74 Å². The maximum atomic E-state index is 12.2. The first kappa shape index (κ1) is 19.6. The molecule has 0 radical (unpaired) electrons. The Morgan fingerprint density at radius 1 is 1.15 bits per heavy atom. The van der Waals surface area contributed by atoms with Crippen LogP contribution in [0.4, 0.5) is 0 Å². The number of ether oxygens (including phenoxy) is 1. The first-order chi connectivity index (χ1) is 13.1. The van der Waals surface area contributed by atoms with E-state index in [1.54, 1.807) is 23.5 Å². The quantitative estimate of drug-likeness (QED) is 0.291. The van der Waals surface area contributed by atoms with E-state index in [1.807, 2.05) is 36.4 Å². The predicted octanol–water partition coefficient (Wildman–Crippen LogP) is 5.33. The van der Waals surface area contributed by atoms with Crippen LogP contribution >= 0.6 is 23.1 Å². The number of ketones is 1. The van der Waals surface area contributed by atoms with E-state index in [2.05, 4.69) is 18.8 Å². The summed E-state index contributed by atoms with van der Waals surface area (Å²) in [6, 6.07) is 15.4. The molecule has 0 aliphatic heterocycles. The minimum atomic E-state index is -0.413. The molecule has 0 unspecified atom stereocenters. The number of hydrogen-bond acceptors (Lipinski definition) is 6. The van der Waals surface area contributed by atoms with Crippen LogP contribution in [0.25, 0.3) is 10.2 Å². The smallest absolute Gasteiger partial charge is 0.316 e. The van der Waals surface area contributed by atoms with Gasteiger partial charge in [-0.3, -0.25) is 9.59 Å². The van der Waals surface area contributed by atoms with Gasteiger partial charge in [-0.25, -0.2) is 4.98 Å². The second-order valence-corrected chi connectivity index (χ2v) is 8.50. The number of thioether (sulfide) groups is 1. The third-order valence-corrected chi connectivity index (χ3v) is 6.52. The van der Waals surface area contributed by atoms with Crippen molar-refractivity contribution >= 4 is 45.1 Å². The third-order valence-electron chi connectivity index (χ3n) is 4.37. The summed E-state index contributed by atoms with van der Waals surface area (Å²) in [5, 5.41) is 0. The Bertz CT molecular complexity index is 901. The van der Waals surface area contributed by atoms with Gasteiger partial charge in [0.05, 0.1) is 16.0 Å². The Kier molecular flexibility index (Phi) is 6.63. The van der Waals surface area contributed by atoms with Crippen molar-refractivity contribution in [2.24, 2.45) is 0 Å². The van der Waals surface area contributed by atoms with Gasteiger partial charge >= 0.3 is 5.97 Å². The molecule has 0 saturated heterocycles. The van der Waals surface area contributed by atoms with E-state index >= 15 is 0 Å². The largest absolute Gasteiger partial charge is 0.457 e. The number of esters is 1. The number of carbonyl (C=O) groups is 2. The van der Waals surface area contributed by atoms with E-state index in [0.717, 1.165) is 21.0 Å². The maximum Gasteiger partial charge on any atom is 0.316 e. The Hall–Kier alpha value is -2.18. The highest BCUT2D eigenvalue weighted by molar-refractivity contribution is 8.01. The zero-order valence-corrected chi connectivity index (χ0v) is 16.9. The van der Waals surface area contributed by atoms with Gasteiger partial charge in [-0.05, 0) is 30.0 Å². The molecule has 27 heavy (non-hydrogen) atoms. The minimum Gasteiger partial charge on any atom is -0.457 e. The van der Waals surface area contributed by atoms with Crippen LogP contribution in [0, 0.1) is 0 Å². The van der Waals surface area contributed by atoms with Crippen LogP contribution in [0.1, 0.15) is 42.1 Å². The van der Waals surface area contributed by atoms with Gasteiger partial charge in [-0.15, -0.1) is 11.3 Å². The Morgan fingerprint density at radius 2 is 1.89 bits per heavy atom. The number of benzene rings is 2. The Morgan fingerprint density at radius 3 is 2.59 bits per heavy atom. The van der Waals surface area contributed by atoms with Crippen molar-refractivity contribution in [2.75, 3.05) is 12.4 Å². The highest BCUT2D eigenvalue weighted by atomic mass is 32.2. The number of nitrogens with zero attached hydrogens (tertiary/aromatic N) is 1. The molecule has 0 aliphatic carbocycles. The molecule has 2 aromatic carbocycles. The van der Waals surface area contributed by atoms with Crippen molar-refractivity contribution < 1.29 is 14.3 Å². The lowest BCUT2D eigenvalue weighted by atomic mass is 9.97. The van der Waals surface area contributed by atoms with E-state index in [0.29, 0.717) is 11.5 Å². The van der Waals surface area contributed by atoms with Gasteiger partial charge in [-0.2, -0.15) is 0 Å². The van der Waals surface area contributed by atoms with Crippen molar-refractivity contribution in [2.45, 2.75) is 30.5 Å². The maximum absolute atomic E-state index is 12.2. The number of rotatable bonds is 8. The molecule has 4 nitrogen and oxygen atoms in total. The van der Waals surface area contributed by atoms with Crippen molar-refractivity contribution in [3.63, 3.8) is 0 Å². The second kappa shape index (κ2) is 9.15. The third kappa shape index (κ3) is 5.17. The Labute approximate surface area is 167 Å². The lowest BCUT2D eigenvalue weighted by Gasteiger charge is -2.09. The normalized spacial score (nSPS) is 12.1. The highest BCUT2D eigenvalue weighted by Crippen LogP contribution is 2.29. The first-order valence-corrected chi connectivity index (χ1v) is 10.6. The predicted molar refractivity (Wildman–Crippen MR) is 111 cm³/mol. The van der Waals surface area contributed by atoms with E-state index < -0.39 is 5.97 Å². The summed E-state index contributed by atoms with van der Waals surface area (Å²) in [7, 11) is 0. The second-order valence-electron chi connectivity index (χ2n) is 6.25. The van der Waals surface area contributed by atoms with Gasteiger partial charge in [-0.1, -0.05) is 62.0 Å². The van der Waals surface area contributed by atoms with Crippen LogP contribution in [0.15, 0.2) is 52.9 Å². The molecule has 3 rings (SSSR count). The molecule has 0 saturated carbocycles. The molecule has 3 aromatic rings. The van der Waals surface area contributed by atoms with Gasteiger partial charge in [0.2, 0.25) is 0 Å². The van der Waals surface area contributed by atoms with E-state index in [-0.39, 0.29) is 18.1 Å². The van der Waals surface area contributed by atoms with Crippen LogP contribution in [-0.2, 0) is 9.53 Å². The molecule has 140 valence electrons. The summed E-state index contributed by atoms with van der Waals surface area (Å²) in [5.41, 5.74) is 2.70. The molecule has 1 atom stereocenters. The number of fused-ring (bicyclic) bond motifs is 1. The number of aromatic nitrogens is 1. The Balaban J connectivity index is 1.47. The average Bonchev–Trinajstić information content (AvgIpc) is 3.13. The van der Waals surface area contributed by atoms with E-state index in [1.165, 1.54) is 17.3 Å². The number of thiazole rings is 1. The fourth-order valence-electron chi connectivity index (χ4n) is 2.54. The monoisotopic (exact) mass is 399 g/mol. The van der Waals surface area contributed by atoms with Crippen LogP contribution in [0.2, 0.25) is 0 Å². The fourth-order valence-corrected chi connectivity index (χ4v) is 4.40. The molecule has 0 N–H and O–H groups in total. The number of carbonyl (C=O) groups excluding carboxylic acids is 2. The molecule has 1 aromatic heterocycles. The number of hydrogen-bond donors (Lipinski definition) is 0. The lowest BCUT2D eigenvalue weighted by molar-refractivity contribution is -0.139. The minimum absolute atomic E-state index is 0.139. The van der Waals surface area contributed by atoms with Gasteiger partial charge in [0, 0.05) is 5.56 Å². The SMILES string of the molecule is CC[C@@H](C)c1ccc(C(=O)COC(=O)CSc2nc3ccccc3s2)cc1. The molecule has 1 heterocycles. The highest BCUT2D eigenvalue weighted by Gasteiger charge is 2.12. The summed E-state index contributed by atoms with van der Waals surface area (Å²) < 4.78 is 7.03. The van der Waals surface area contributed by atoms with Crippen LogP contribution < -0.4 is 0 Å². The lowest BCUT2D eigenvalue weighted by Crippen LogP contribution is -2.15. The topological polar surface area (TPSA) is 56.3 Å². The van der Waals surface area contributed by atoms with Crippen LogP contribution in [-0.4, -0.2) is 29.1 Å². The van der Waals surface area contributed by atoms with Crippen LogP contribution in [0.5, 0.6) is 0 Å². The van der Waals surface area contributed by atoms with Crippen molar-refractivity contribution in [1.82, 2.24) is 4.98 Å². The standard InChI is InChI=1S/C21H21NO3S2/c1-3-14(2)15-8-10-16(11-9-15)18(23)12-25-20(24)13-26-21-22-17-6-4-5-7-19(17)27-21/h4-11,14H,3,12-13H2,1-2H3/t14-/m1/s1. The van der Waals surface area contributed by atoms with Gasteiger partial charge in [0.15, 0.2) is 16.7 Å². The molecule has 6 heteroatoms. The van der Waals surface area contributed by atoms with Crippen molar-refractivity contribution in [3.8, 4) is 0 Å². The summed E-state index contributed by atoms with van der Waals surface area (Å²) >= 11 is 2.87. The van der Waals surface area contributed by atoms with Crippen LogP contribution in [0.3, 0.4) is 0 Å². The van der Waals surface area contributed by atoms with Crippen molar-refractivity contribution in [3.05, 3.63) is 59.7 Å². The molecule has 0 aliphatic rings. The fraction of sp³-hybridized carbons (Fsp3) is 0.286. The number of para-hydroxylation sites is 1. The molecule has 0 fully saturated rings. The molecular formula is C21H21NO3S2. The number of Topliss-reactive ketones (excluding diaryl/α,β-unsaturated/α-hetero) is 1. The van der Waals surface area contributed by atoms with Gasteiger partial charge in [0.25, 0.3) is 0 Å². The van der Waals surface area contributed by atoms with Crippen molar-refractivity contribution in [1.29, 1.82) is 0 Å². The molecular weight excluding hydrogens is 378 g/mol. The summed E-state index contributed by atoms with van der Waals surface area (Å²) in [6.07, 6.45) is 1.05. The molecule has 0 amide bonds. The first-order valence-electron chi connectivity index (χ1n) is 8.84. The zero-order valence-electron chi connectivity index (χ0n) is 15.3. The summed E-state index contributed by atoms with van der Waals surface area (Å²) in [5.74, 6) is -0.000516. The summed E-state index contributed by atoms with van der Waals surface area (Å²) in [6.45, 7) is 4.05. The average molecular weight is 400 g/mol. The zero-order chi connectivity index (χ0) is 19.2. The molecule has 0 bridgehead atoms. The van der Waals surface area contributed by atoms with Gasteiger partial charge < -0.3 is 4.74 Å².